The zero-order chi connectivity index (χ0) is 7.28. The summed E-state index contributed by atoms with van der Waals surface area (Å²) in [5.74, 6) is 0.750. The van der Waals surface area contributed by atoms with Crippen LogP contribution in [0, 0.1) is 5.92 Å². The van der Waals surface area contributed by atoms with Crippen molar-refractivity contribution in [2.75, 3.05) is 6.61 Å². The third-order valence-corrected chi connectivity index (χ3v) is 2.27. The van der Waals surface area contributed by atoms with Crippen LogP contribution in [0.15, 0.2) is 0 Å². The summed E-state index contributed by atoms with van der Waals surface area (Å²) in [6.07, 6.45) is 1.24. The van der Waals surface area contributed by atoms with Crippen LogP contribution < -0.4 is 0 Å². The molecule has 0 fully saturated rings. The molecule has 0 saturated heterocycles. The molecule has 0 radical (unpaired) electrons. The molecular weight excluding hydrogens is 128 g/mol. The smallest absolute Gasteiger partial charge is 0.170 e. The van der Waals surface area contributed by atoms with E-state index in [9.17, 15) is 0 Å². The molecule has 0 bridgehead atoms. The van der Waals surface area contributed by atoms with Gasteiger partial charge < -0.3 is 4.43 Å². The van der Waals surface area contributed by atoms with Crippen molar-refractivity contribution < 1.29 is 4.43 Å². The minimum atomic E-state index is -0.741. The molecule has 0 aliphatic heterocycles. The topological polar surface area (TPSA) is 9.23 Å². The van der Waals surface area contributed by atoms with Gasteiger partial charge >= 0.3 is 0 Å². The average Bonchev–Trinajstić information content (AvgIpc) is 1.83. The van der Waals surface area contributed by atoms with E-state index in [1.54, 1.807) is 0 Å². The lowest BCUT2D eigenvalue weighted by atomic mass is 10.1. The highest BCUT2D eigenvalue weighted by atomic mass is 28.3. The van der Waals surface area contributed by atoms with Gasteiger partial charge in [-0.05, 0) is 19.0 Å². The van der Waals surface area contributed by atoms with E-state index in [4.69, 9.17) is 4.43 Å². The van der Waals surface area contributed by atoms with Crippen LogP contribution in [0.25, 0.3) is 0 Å². The van der Waals surface area contributed by atoms with Gasteiger partial charge in [-0.2, -0.15) is 0 Å². The van der Waals surface area contributed by atoms with Gasteiger partial charge in [0.25, 0.3) is 0 Å². The zero-order valence-corrected chi connectivity index (χ0v) is 8.13. The summed E-state index contributed by atoms with van der Waals surface area (Å²) < 4.78 is 5.53. The van der Waals surface area contributed by atoms with E-state index >= 15 is 0 Å². The Balaban J connectivity index is 3.06. The Bertz CT molecular complexity index is 63.9. The molecular formula is C7H18OSi. The van der Waals surface area contributed by atoms with Gasteiger partial charge in [0.2, 0.25) is 0 Å². The lowest BCUT2D eigenvalue weighted by Gasteiger charge is -2.10. The second-order valence-electron chi connectivity index (χ2n) is 2.90. The highest BCUT2D eigenvalue weighted by molar-refractivity contribution is 6.48. The summed E-state index contributed by atoms with van der Waals surface area (Å²) in [6.45, 7) is 9.83. The molecule has 0 aromatic carbocycles. The fourth-order valence-electron chi connectivity index (χ4n) is 0.475. The molecule has 0 spiro atoms. The van der Waals surface area contributed by atoms with Crippen molar-refractivity contribution in [2.45, 2.75) is 33.4 Å². The van der Waals surface area contributed by atoms with E-state index in [-0.39, 0.29) is 0 Å². The molecule has 0 saturated carbocycles. The molecule has 56 valence electrons. The Hall–Kier alpha value is 0.177. The second-order valence-corrected chi connectivity index (χ2v) is 5.33. The zero-order valence-electron chi connectivity index (χ0n) is 6.98. The molecule has 0 amide bonds. The monoisotopic (exact) mass is 146 g/mol. The summed E-state index contributed by atoms with van der Waals surface area (Å²) in [6, 6.07) is 0. The van der Waals surface area contributed by atoms with Crippen molar-refractivity contribution in [3.8, 4) is 0 Å². The summed E-state index contributed by atoms with van der Waals surface area (Å²) >= 11 is 0. The quantitative estimate of drug-likeness (QED) is 0.551. The van der Waals surface area contributed by atoms with Crippen LogP contribution >= 0.6 is 0 Å². The van der Waals surface area contributed by atoms with Gasteiger partial charge in [0.05, 0.1) is 0 Å². The van der Waals surface area contributed by atoms with E-state index in [1.807, 2.05) is 0 Å². The van der Waals surface area contributed by atoms with Crippen LogP contribution in [-0.4, -0.2) is 15.6 Å². The minimum absolute atomic E-state index is 0.741. The molecule has 0 heterocycles. The number of rotatable bonds is 4. The van der Waals surface area contributed by atoms with E-state index in [1.165, 1.54) is 6.42 Å². The van der Waals surface area contributed by atoms with Crippen LogP contribution in [0.4, 0.5) is 0 Å². The van der Waals surface area contributed by atoms with E-state index < -0.39 is 9.04 Å². The highest BCUT2D eigenvalue weighted by Gasteiger charge is 2.00. The third kappa shape index (κ3) is 6.06. The summed E-state index contributed by atoms with van der Waals surface area (Å²) in [5.41, 5.74) is 0. The van der Waals surface area contributed by atoms with Crippen LogP contribution in [0.2, 0.25) is 13.1 Å². The molecule has 0 aliphatic rings. The van der Waals surface area contributed by atoms with Crippen molar-refractivity contribution in [3.63, 3.8) is 0 Å². The molecule has 2 heteroatoms. The highest BCUT2D eigenvalue weighted by Crippen LogP contribution is 2.01. The molecule has 1 unspecified atom stereocenters. The third-order valence-electron chi connectivity index (χ3n) is 1.41. The standard InChI is InChI=1S/C7H18OSi/c1-5-7(2)6-8-9(3)4/h7,9H,5-6H2,1-4H3. The first kappa shape index (κ1) is 9.18. The average molecular weight is 146 g/mol. The van der Waals surface area contributed by atoms with Gasteiger partial charge in [-0.15, -0.1) is 0 Å². The van der Waals surface area contributed by atoms with Crippen LogP contribution in [0.3, 0.4) is 0 Å². The Morgan fingerprint density at radius 2 is 2.00 bits per heavy atom. The maximum atomic E-state index is 5.53. The fraction of sp³-hybridized carbons (Fsp3) is 1.00. The van der Waals surface area contributed by atoms with E-state index in [2.05, 4.69) is 26.9 Å². The fourth-order valence-corrected chi connectivity index (χ4v) is 1.19. The lowest BCUT2D eigenvalue weighted by molar-refractivity contribution is 0.261. The number of hydrogen-bond acceptors (Lipinski definition) is 1. The molecule has 1 nitrogen and oxygen atoms in total. The number of hydrogen-bond donors (Lipinski definition) is 0. The van der Waals surface area contributed by atoms with Gasteiger partial charge in [-0.1, -0.05) is 20.3 Å². The van der Waals surface area contributed by atoms with E-state index in [0.717, 1.165) is 12.5 Å². The van der Waals surface area contributed by atoms with Crippen LogP contribution in [0.5, 0.6) is 0 Å². The molecule has 0 N–H and O–H groups in total. The Morgan fingerprint density at radius 1 is 1.44 bits per heavy atom. The van der Waals surface area contributed by atoms with Crippen LogP contribution in [0.1, 0.15) is 20.3 Å². The summed E-state index contributed by atoms with van der Waals surface area (Å²) in [5, 5.41) is 0. The van der Waals surface area contributed by atoms with Crippen molar-refractivity contribution in [2.24, 2.45) is 5.92 Å². The predicted octanol–water partition coefficient (Wildman–Crippen LogP) is 2.03. The molecule has 0 rings (SSSR count). The second kappa shape index (κ2) is 5.00. The van der Waals surface area contributed by atoms with Gasteiger partial charge in [0, 0.05) is 6.61 Å². The molecule has 0 aromatic heterocycles. The molecule has 9 heavy (non-hydrogen) atoms. The Morgan fingerprint density at radius 3 is 2.33 bits per heavy atom. The largest absolute Gasteiger partial charge is 0.420 e. The normalized spacial score (nSPS) is 14.3. The molecule has 0 aromatic rings. The maximum absolute atomic E-state index is 5.53. The SMILES string of the molecule is CCC(C)CO[SiH](C)C. The lowest BCUT2D eigenvalue weighted by Crippen LogP contribution is -2.13. The van der Waals surface area contributed by atoms with Gasteiger partial charge in [-0.25, -0.2) is 0 Å². The van der Waals surface area contributed by atoms with Crippen molar-refractivity contribution in [3.05, 3.63) is 0 Å². The van der Waals surface area contributed by atoms with Gasteiger partial charge in [0.15, 0.2) is 9.04 Å². The van der Waals surface area contributed by atoms with E-state index in [0.29, 0.717) is 0 Å². The molecule has 1 atom stereocenters. The maximum Gasteiger partial charge on any atom is 0.170 e. The predicted molar refractivity (Wildman–Crippen MR) is 44.3 cm³/mol. The first-order valence-electron chi connectivity index (χ1n) is 3.78. The van der Waals surface area contributed by atoms with Crippen molar-refractivity contribution in [1.82, 2.24) is 0 Å². The first-order chi connectivity index (χ1) is 4.16. The van der Waals surface area contributed by atoms with Gasteiger partial charge in [-0.3, -0.25) is 0 Å². The summed E-state index contributed by atoms with van der Waals surface area (Å²) in [4.78, 5) is 0. The van der Waals surface area contributed by atoms with Crippen LogP contribution in [-0.2, 0) is 4.43 Å². The Kier molecular flexibility index (Phi) is 5.10. The molecule has 0 aliphatic carbocycles. The Labute approximate surface area is 60.1 Å². The van der Waals surface area contributed by atoms with Crippen molar-refractivity contribution in [1.29, 1.82) is 0 Å². The first-order valence-corrected chi connectivity index (χ1v) is 6.56. The summed E-state index contributed by atoms with van der Waals surface area (Å²) in [7, 11) is -0.741. The minimum Gasteiger partial charge on any atom is -0.420 e. The van der Waals surface area contributed by atoms with Gasteiger partial charge in [0.1, 0.15) is 0 Å². The van der Waals surface area contributed by atoms with Crippen molar-refractivity contribution >= 4 is 9.04 Å².